The Morgan fingerprint density at radius 2 is 2.03 bits per heavy atom. The van der Waals surface area contributed by atoms with Gasteiger partial charge in [0.05, 0.1) is 18.7 Å². The highest BCUT2D eigenvalue weighted by atomic mass is 16.5. The number of hydrogen-bond donors (Lipinski definition) is 1. The van der Waals surface area contributed by atoms with E-state index in [1.807, 2.05) is 32.0 Å². The average molecular weight is 409 g/mol. The number of aromatic nitrogens is 1. The zero-order chi connectivity index (χ0) is 21.8. The number of methoxy groups -OCH3 is 1. The van der Waals surface area contributed by atoms with Gasteiger partial charge in [-0.25, -0.2) is 0 Å². The van der Waals surface area contributed by atoms with Crippen LogP contribution in [0.25, 0.3) is 5.76 Å². The number of aryl methyl sites for hydroxylation is 1. The van der Waals surface area contributed by atoms with E-state index in [0.29, 0.717) is 29.8 Å². The quantitative estimate of drug-likeness (QED) is 0.430. The van der Waals surface area contributed by atoms with Crippen LogP contribution in [0, 0.1) is 6.92 Å². The molecule has 1 atom stereocenters. The molecule has 1 N–H and O–H groups in total. The smallest absolute Gasteiger partial charge is 0.295 e. The fraction of sp³-hybridized carbons (Fsp3) is 0.348. The van der Waals surface area contributed by atoms with Crippen LogP contribution in [0.3, 0.4) is 0 Å². The summed E-state index contributed by atoms with van der Waals surface area (Å²) in [6, 6.07) is 8.05. The maximum Gasteiger partial charge on any atom is 0.295 e. The summed E-state index contributed by atoms with van der Waals surface area (Å²) in [5, 5.41) is 11.1. The summed E-state index contributed by atoms with van der Waals surface area (Å²) in [4.78, 5) is 33.5. The molecule has 1 fully saturated rings. The van der Waals surface area contributed by atoms with Gasteiger partial charge in [0.1, 0.15) is 11.5 Å². The molecule has 30 heavy (non-hydrogen) atoms. The Balaban J connectivity index is 2.08. The van der Waals surface area contributed by atoms with E-state index in [9.17, 15) is 14.7 Å². The summed E-state index contributed by atoms with van der Waals surface area (Å²) in [5.41, 5.74) is 2.06. The molecule has 2 aromatic rings. The highest BCUT2D eigenvalue weighted by molar-refractivity contribution is 6.46. The van der Waals surface area contributed by atoms with Crippen LogP contribution in [0.1, 0.15) is 29.2 Å². The van der Waals surface area contributed by atoms with E-state index in [4.69, 9.17) is 4.74 Å². The van der Waals surface area contributed by atoms with Gasteiger partial charge in [-0.2, -0.15) is 0 Å². The predicted octanol–water partition coefficient (Wildman–Crippen LogP) is 2.77. The number of likely N-dealkylation sites (tertiary alicyclic amines) is 1. The minimum Gasteiger partial charge on any atom is -0.507 e. The number of Topliss-reactive ketones (excluding diaryl/α,β-unsaturated/α-hetero) is 1. The number of carbonyl (C=O) groups excluding carboxylic acids is 2. The van der Waals surface area contributed by atoms with Gasteiger partial charge in [-0.3, -0.25) is 14.6 Å². The Kier molecular flexibility index (Phi) is 6.52. The van der Waals surface area contributed by atoms with Crippen molar-refractivity contribution in [1.29, 1.82) is 0 Å². The molecule has 0 saturated carbocycles. The predicted molar refractivity (Wildman–Crippen MR) is 114 cm³/mol. The second-order valence-electron chi connectivity index (χ2n) is 7.62. The van der Waals surface area contributed by atoms with Crippen LogP contribution in [0.4, 0.5) is 0 Å². The summed E-state index contributed by atoms with van der Waals surface area (Å²) in [6.07, 6.45) is 3.97. The molecule has 7 heteroatoms. The molecular weight excluding hydrogens is 382 g/mol. The molecule has 1 aliphatic heterocycles. The molecule has 1 aromatic carbocycles. The molecule has 0 radical (unpaired) electrons. The summed E-state index contributed by atoms with van der Waals surface area (Å²) in [7, 11) is 5.49. The van der Waals surface area contributed by atoms with Gasteiger partial charge in [0.15, 0.2) is 0 Å². The highest BCUT2D eigenvalue weighted by Gasteiger charge is 2.45. The second kappa shape index (κ2) is 9.09. The number of ether oxygens (including phenoxy) is 1. The zero-order valence-corrected chi connectivity index (χ0v) is 17.8. The minimum atomic E-state index is -0.681. The van der Waals surface area contributed by atoms with Crippen molar-refractivity contribution in [2.75, 3.05) is 34.3 Å². The SMILES string of the molecule is COc1ccc(C(O)=C2C(=O)C(=O)N(CCCN(C)C)[C@H]2c2cccnc2)cc1C. The standard InChI is InChI=1S/C23H27N3O4/c1-15-13-16(8-9-18(15)30-4)21(27)19-20(17-7-5-10-24-14-17)26(23(29)22(19)28)12-6-11-25(2)3/h5,7-10,13-14,20,27H,6,11-12H2,1-4H3/t20-/m0/s1. The van der Waals surface area contributed by atoms with Crippen molar-refractivity contribution in [1.82, 2.24) is 14.8 Å². The van der Waals surface area contributed by atoms with Crippen molar-refractivity contribution in [3.05, 3.63) is 65.0 Å². The molecule has 1 saturated heterocycles. The van der Waals surface area contributed by atoms with Crippen LogP contribution < -0.4 is 4.74 Å². The van der Waals surface area contributed by atoms with Crippen LogP contribution in [-0.2, 0) is 9.59 Å². The summed E-state index contributed by atoms with van der Waals surface area (Å²) >= 11 is 0. The van der Waals surface area contributed by atoms with Crippen LogP contribution in [-0.4, -0.2) is 65.9 Å². The van der Waals surface area contributed by atoms with Crippen LogP contribution in [0.5, 0.6) is 5.75 Å². The van der Waals surface area contributed by atoms with Crippen molar-refractivity contribution in [2.24, 2.45) is 0 Å². The third-order valence-corrected chi connectivity index (χ3v) is 5.21. The first kappa shape index (κ1) is 21.5. The Hall–Kier alpha value is -3.19. The van der Waals surface area contributed by atoms with E-state index in [-0.39, 0.29) is 11.3 Å². The Morgan fingerprint density at radius 3 is 2.63 bits per heavy atom. The van der Waals surface area contributed by atoms with Gasteiger partial charge < -0.3 is 19.6 Å². The number of rotatable bonds is 7. The molecule has 7 nitrogen and oxygen atoms in total. The number of amides is 1. The van der Waals surface area contributed by atoms with E-state index in [0.717, 1.165) is 12.1 Å². The number of pyridine rings is 1. The van der Waals surface area contributed by atoms with Gasteiger partial charge in [-0.1, -0.05) is 6.07 Å². The van der Waals surface area contributed by atoms with Crippen LogP contribution in [0.2, 0.25) is 0 Å². The fourth-order valence-corrected chi connectivity index (χ4v) is 3.73. The monoisotopic (exact) mass is 409 g/mol. The van der Waals surface area contributed by atoms with Gasteiger partial charge in [0.25, 0.3) is 11.7 Å². The van der Waals surface area contributed by atoms with Gasteiger partial charge in [0, 0.05) is 24.5 Å². The number of aliphatic hydroxyl groups excluding tert-OH is 1. The first-order valence-corrected chi connectivity index (χ1v) is 9.83. The van der Waals surface area contributed by atoms with Crippen LogP contribution in [0.15, 0.2) is 48.3 Å². The number of ketones is 1. The van der Waals surface area contributed by atoms with Gasteiger partial charge in [-0.05, 0) is 69.4 Å². The zero-order valence-electron chi connectivity index (χ0n) is 17.8. The lowest BCUT2D eigenvalue weighted by Gasteiger charge is -2.25. The first-order valence-electron chi connectivity index (χ1n) is 9.83. The molecule has 1 aromatic heterocycles. The maximum absolute atomic E-state index is 13.0. The second-order valence-corrected chi connectivity index (χ2v) is 7.62. The minimum absolute atomic E-state index is 0.0856. The lowest BCUT2D eigenvalue weighted by Crippen LogP contribution is -2.32. The molecule has 0 bridgehead atoms. The Morgan fingerprint density at radius 1 is 1.27 bits per heavy atom. The number of carbonyl (C=O) groups is 2. The fourth-order valence-electron chi connectivity index (χ4n) is 3.73. The molecule has 0 unspecified atom stereocenters. The van der Waals surface area contributed by atoms with Gasteiger partial charge in [-0.15, -0.1) is 0 Å². The lowest BCUT2D eigenvalue weighted by atomic mass is 9.95. The topological polar surface area (TPSA) is 83.0 Å². The molecule has 2 heterocycles. The van der Waals surface area contributed by atoms with E-state index < -0.39 is 17.7 Å². The van der Waals surface area contributed by atoms with Crippen molar-refractivity contribution in [3.63, 3.8) is 0 Å². The van der Waals surface area contributed by atoms with E-state index >= 15 is 0 Å². The van der Waals surface area contributed by atoms with E-state index in [2.05, 4.69) is 4.98 Å². The number of hydrogen-bond acceptors (Lipinski definition) is 6. The Labute approximate surface area is 176 Å². The van der Waals surface area contributed by atoms with E-state index in [1.54, 1.807) is 43.8 Å². The van der Waals surface area contributed by atoms with Gasteiger partial charge in [0.2, 0.25) is 0 Å². The van der Waals surface area contributed by atoms with Crippen molar-refractivity contribution in [3.8, 4) is 5.75 Å². The largest absolute Gasteiger partial charge is 0.507 e. The summed E-state index contributed by atoms with van der Waals surface area (Å²) in [6.45, 7) is 3.04. The average Bonchev–Trinajstić information content (AvgIpc) is 2.98. The molecule has 1 aliphatic rings. The van der Waals surface area contributed by atoms with Crippen molar-refractivity contribution < 1.29 is 19.4 Å². The number of benzene rings is 1. The van der Waals surface area contributed by atoms with Crippen LogP contribution >= 0.6 is 0 Å². The molecule has 0 spiro atoms. The van der Waals surface area contributed by atoms with Gasteiger partial charge >= 0.3 is 0 Å². The lowest BCUT2D eigenvalue weighted by molar-refractivity contribution is -0.139. The third kappa shape index (κ3) is 4.21. The summed E-state index contributed by atoms with van der Waals surface area (Å²) < 4.78 is 5.28. The molecule has 1 amide bonds. The molecule has 158 valence electrons. The third-order valence-electron chi connectivity index (χ3n) is 5.21. The maximum atomic E-state index is 13.0. The Bertz CT molecular complexity index is 970. The van der Waals surface area contributed by atoms with Crippen molar-refractivity contribution in [2.45, 2.75) is 19.4 Å². The summed E-state index contributed by atoms with van der Waals surface area (Å²) in [5.74, 6) is -0.795. The molecule has 0 aliphatic carbocycles. The van der Waals surface area contributed by atoms with Crippen molar-refractivity contribution >= 4 is 17.4 Å². The van der Waals surface area contributed by atoms with E-state index in [1.165, 1.54) is 4.90 Å². The first-order chi connectivity index (χ1) is 14.3. The highest BCUT2D eigenvalue weighted by Crippen LogP contribution is 2.39. The normalized spacial score (nSPS) is 18.3. The molecule has 3 rings (SSSR count). The number of aliphatic hydroxyl groups is 1. The molecular formula is C23H27N3O4. The number of nitrogens with zero attached hydrogens (tertiary/aromatic N) is 3.